The van der Waals surface area contributed by atoms with Crippen molar-refractivity contribution in [1.29, 1.82) is 0 Å². The maximum absolute atomic E-state index is 11.1. The number of halogens is 1. The van der Waals surface area contributed by atoms with Crippen molar-refractivity contribution in [3.05, 3.63) is 53.1 Å². The number of hydrogen-bond acceptors (Lipinski definition) is 3. The van der Waals surface area contributed by atoms with Crippen molar-refractivity contribution in [2.24, 2.45) is 0 Å². The Morgan fingerprint density at radius 1 is 1.25 bits per heavy atom. The Bertz CT molecular complexity index is 609. The van der Waals surface area contributed by atoms with E-state index in [1.165, 1.54) is 6.92 Å². The summed E-state index contributed by atoms with van der Waals surface area (Å²) in [5.41, 5.74) is 7.79. The number of nitrogen functional groups attached to an aromatic ring is 1. The second-order valence-corrected chi connectivity index (χ2v) is 4.68. The Balaban J connectivity index is 2.17. The van der Waals surface area contributed by atoms with Crippen LogP contribution in [0.3, 0.4) is 0 Å². The number of benzene rings is 2. The zero-order valence-electron chi connectivity index (χ0n) is 11.0. The van der Waals surface area contributed by atoms with Crippen molar-refractivity contribution in [2.45, 2.75) is 13.5 Å². The summed E-state index contributed by atoms with van der Waals surface area (Å²) < 4.78 is 5.71. The molecule has 0 saturated carbocycles. The van der Waals surface area contributed by atoms with Crippen LogP contribution in [0.5, 0.6) is 5.75 Å². The second kappa shape index (κ2) is 6.30. The standard InChI is InChI=1S/C15H15ClN2O2/c1-10(19)18-14-7-2-3-8-15(14)20-9-11-12(16)5-4-6-13(11)17/h2-8H,9,17H2,1H3,(H,18,19). The minimum atomic E-state index is -0.154. The summed E-state index contributed by atoms with van der Waals surface area (Å²) in [4.78, 5) is 11.1. The van der Waals surface area contributed by atoms with Crippen LogP contribution in [0.1, 0.15) is 12.5 Å². The third-order valence-electron chi connectivity index (χ3n) is 2.72. The van der Waals surface area contributed by atoms with Crippen LogP contribution < -0.4 is 15.8 Å². The van der Waals surface area contributed by atoms with Gasteiger partial charge in [-0.2, -0.15) is 0 Å². The Hall–Kier alpha value is -2.20. The van der Waals surface area contributed by atoms with E-state index in [1.54, 1.807) is 30.3 Å². The van der Waals surface area contributed by atoms with Gasteiger partial charge in [-0.3, -0.25) is 4.79 Å². The number of anilines is 2. The van der Waals surface area contributed by atoms with E-state index in [0.717, 1.165) is 5.56 Å². The summed E-state index contributed by atoms with van der Waals surface area (Å²) in [6.07, 6.45) is 0. The van der Waals surface area contributed by atoms with Gasteiger partial charge >= 0.3 is 0 Å². The van der Waals surface area contributed by atoms with Gasteiger partial charge in [0.25, 0.3) is 0 Å². The van der Waals surface area contributed by atoms with E-state index in [1.807, 2.05) is 12.1 Å². The van der Waals surface area contributed by atoms with Gasteiger partial charge in [0.2, 0.25) is 5.91 Å². The van der Waals surface area contributed by atoms with Gasteiger partial charge in [-0.15, -0.1) is 0 Å². The molecule has 0 heterocycles. The lowest BCUT2D eigenvalue weighted by molar-refractivity contribution is -0.114. The average Bonchev–Trinajstić information content (AvgIpc) is 2.39. The first-order valence-electron chi connectivity index (χ1n) is 6.10. The average molecular weight is 291 g/mol. The van der Waals surface area contributed by atoms with Gasteiger partial charge in [-0.05, 0) is 24.3 Å². The number of para-hydroxylation sites is 2. The predicted octanol–water partition coefficient (Wildman–Crippen LogP) is 3.46. The molecule has 0 spiro atoms. The van der Waals surface area contributed by atoms with E-state index in [2.05, 4.69) is 5.32 Å². The van der Waals surface area contributed by atoms with Crippen LogP contribution in [-0.4, -0.2) is 5.91 Å². The zero-order valence-corrected chi connectivity index (χ0v) is 11.8. The molecule has 0 bridgehead atoms. The summed E-state index contributed by atoms with van der Waals surface area (Å²) in [6.45, 7) is 1.69. The molecule has 3 N–H and O–H groups in total. The first-order valence-corrected chi connectivity index (χ1v) is 6.48. The molecule has 2 rings (SSSR count). The smallest absolute Gasteiger partial charge is 0.221 e. The highest BCUT2D eigenvalue weighted by Crippen LogP contribution is 2.28. The van der Waals surface area contributed by atoms with Crippen LogP contribution >= 0.6 is 11.6 Å². The van der Waals surface area contributed by atoms with Gasteiger partial charge in [0.1, 0.15) is 12.4 Å². The fourth-order valence-corrected chi connectivity index (χ4v) is 2.00. The van der Waals surface area contributed by atoms with Crippen molar-refractivity contribution < 1.29 is 9.53 Å². The third kappa shape index (κ3) is 3.42. The molecule has 0 aromatic heterocycles. The van der Waals surface area contributed by atoms with Crippen LogP contribution in [0, 0.1) is 0 Å². The van der Waals surface area contributed by atoms with Gasteiger partial charge < -0.3 is 15.8 Å². The number of rotatable bonds is 4. The van der Waals surface area contributed by atoms with Crippen molar-refractivity contribution in [3.63, 3.8) is 0 Å². The monoisotopic (exact) mass is 290 g/mol. The summed E-state index contributed by atoms with van der Waals surface area (Å²) in [5.74, 6) is 0.417. The summed E-state index contributed by atoms with van der Waals surface area (Å²) in [5, 5.41) is 3.27. The molecule has 2 aromatic carbocycles. The molecule has 0 unspecified atom stereocenters. The molecule has 1 amide bonds. The highest BCUT2D eigenvalue weighted by molar-refractivity contribution is 6.31. The van der Waals surface area contributed by atoms with Gasteiger partial charge in [-0.25, -0.2) is 0 Å². The second-order valence-electron chi connectivity index (χ2n) is 4.27. The molecule has 0 aliphatic carbocycles. The number of carbonyl (C=O) groups excluding carboxylic acids is 1. The molecule has 104 valence electrons. The maximum atomic E-state index is 11.1. The molecule has 0 aliphatic heterocycles. The molecular formula is C15H15ClN2O2. The number of nitrogens with two attached hydrogens (primary N) is 1. The van der Waals surface area contributed by atoms with E-state index in [0.29, 0.717) is 22.1 Å². The third-order valence-corrected chi connectivity index (χ3v) is 3.08. The normalized spacial score (nSPS) is 10.1. The van der Waals surface area contributed by atoms with Gasteiger partial charge in [-0.1, -0.05) is 29.8 Å². The Labute approximate surface area is 122 Å². The quantitative estimate of drug-likeness (QED) is 0.848. The lowest BCUT2D eigenvalue weighted by Crippen LogP contribution is -2.08. The lowest BCUT2D eigenvalue weighted by Gasteiger charge is -2.13. The molecule has 0 saturated heterocycles. The van der Waals surface area contributed by atoms with E-state index in [9.17, 15) is 4.79 Å². The number of amides is 1. The zero-order chi connectivity index (χ0) is 14.5. The molecule has 4 nitrogen and oxygen atoms in total. The number of carbonyl (C=O) groups is 1. The molecule has 0 fully saturated rings. The minimum absolute atomic E-state index is 0.154. The van der Waals surface area contributed by atoms with Gasteiger partial charge in [0.15, 0.2) is 0 Å². The SMILES string of the molecule is CC(=O)Nc1ccccc1OCc1c(N)cccc1Cl. The molecular weight excluding hydrogens is 276 g/mol. The highest BCUT2D eigenvalue weighted by atomic mass is 35.5. The summed E-state index contributed by atoms with van der Waals surface area (Å²) in [6, 6.07) is 12.5. The van der Waals surface area contributed by atoms with Gasteiger partial charge in [0.05, 0.1) is 5.69 Å². The van der Waals surface area contributed by atoms with Crippen LogP contribution in [0.4, 0.5) is 11.4 Å². The highest BCUT2D eigenvalue weighted by Gasteiger charge is 2.08. The molecule has 20 heavy (non-hydrogen) atoms. The summed E-state index contributed by atoms with van der Waals surface area (Å²) in [7, 11) is 0. The number of ether oxygens (including phenoxy) is 1. The number of nitrogens with one attached hydrogen (secondary N) is 1. The first-order chi connectivity index (χ1) is 9.58. The van der Waals surface area contributed by atoms with Crippen molar-refractivity contribution in [2.75, 3.05) is 11.1 Å². The number of hydrogen-bond donors (Lipinski definition) is 2. The summed E-state index contributed by atoms with van der Waals surface area (Å²) >= 11 is 6.09. The predicted molar refractivity (Wildman–Crippen MR) is 80.9 cm³/mol. The van der Waals surface area contributed by atoms with Crippen LogP contribution in [-0.2, 0) is 11.4 Å². The van der Waals surface area contributed by atoms with E-state index >= 15 is 0 Å². The Kier molecular flexibility index (Phi) is 4.48. The Morgan fingerprint density at radius 2 is 2.00 bits per heavy atom. The molecule has 0 radical (unpaired) electrons. The molecule has 0 atom stereocenters. The van der Waals surface area contributed by atoms with Crippen molar-refractivity contribution in [3.8, 4) is 5.75 Å². The molecule has 5 heteroatoms. The Morgan fingerprint density at radius 3 is 2.70 bits per heavy atom. The van der Waals surface area contributed by atoms with Crippen molar-refractivity contribution >= 4 is 28.9 Å². The first kappa shape index (κ1) is 14.2. The van der Waals surface area contributed by atoms with Gasteiger partial charge in [0, 0.05) is 23.2 Å². The topological polar surface area (TPSA) is 64.3 Å². The van der Waals surface area contributed by atoms with Crippen LogP contribution in [0.25, 0.3) is 0 Å². The largest absolute Gasteiger partial charge is 0.487 e. The fraction of sp³-hybridized carbons (Fsp3) is 0.133. The molecule has 2 aromatic rings. The van der Waals surface area contributed by atoms with E-state index < -0.39 is 0 Å². The van der Waals surface area contributed by atoms with E-state index in [-0.39, 0.29) is 12.5 Å². The fourth-order valence-electron chi connectivity index (χ4n) is 1.76. The van der Waals surface area contributed by atoms with E-state index in [4.69, 9.17) is 22.1 Å². The van der Waals surface area contributed by atoms with Crippen molar-refractivity contribution in [1.82, 2.24) is 0 Å². The maximum Gasteiger partial charge on any atom is 0.221 e. The van der Waals surface area contributed by atoms with Crippen LogP contribution in [0.15, 0.2) is 42.5 Å². The molecule has 0 aliphatic rings. The van der Waals surface area contributed by atoms with Crippen LogP contribution in [0.2, 0.25) is 5.02 Å². The lowest BCUT2D eigenvalue weighted by atomic mass is 10.2. The minimum Gasteiger partial charge on any atom is -0.487 e.